The van der Waals surface area contributed by atoms with E-state index in [1.165, 1.54) is 0 Å². The van der Waals surface area contributed by atoms with E-state index in [0.717, 1.165) is 5.56 Å². The Morgan fingerprint density at radius 3 is 2.45 bits per heavy atom. The third kappa shape index (κ3) is 4.08. The van der Waals surface area contributed by atoms with E-state index in [2.05, 4.69) is 6.07 Å². The number of carbonyl (C=O) groups excluding carboxylic acids is 1. The Morgan fingerprint density at radius 2 is 2.00 bits per heavy atom. The summed E-state index contributed by atoms with van der Waals surface area (Å²) in [6.45, 7) is 1.59. The molecule has 59 valence electrons. The molecule has 11 heavy (non-hydrogen) atoms. The Bertz CT molecular complexity index is 218. The van der Waals surface area contributed by atoms with Gasteiger partial charge >= 0.3 is 0 Å². The third-order valence-corrected chi connectivity index (χ3v) is 1.24. The quantitative estimate of drug-likeness (QED) is 0.757. The van der Waals surface area contributed by atoms with Crippen LogP contribution < -0.4 is 0 Å². The number of ketones is 1. The Kier molecular flexibility index (Phi) is 5.02. The average Bonchev–Trinajstić information content (AvgIpc) is 1.88. The predicted molar refractivity (Wildman–Crippen MR) is 39.7 cm³/mol. The molecule has 1 aromatic rings. The predicted octanol–water partition coefficient (Wildman–Crippen LogP) is 1.62. The molecule has 1 radical (unpaired) electrons. The average molecular weight is 319 g/mol. The van der Waals surface area contributed by atoms with Gasteiger partial charge in [-0.2, -0.15) is 35.9 Å². The fraction of sp³-hybridized carbons (Fsp3) is 0.222. The van der Waals surface area contributed by atoms with Crippen molar-refractivity contribution in [1.29, 1.82) is 0 Å². The van der Waals surface area contributed by atoms with E-state index in [-0.39, 0.29) is 26.2 Å². The third-order valence-electron chi connectivity index (χ3n) is 1.24. The maximum Gasteiger partial charge on any atom is 0.132 e. The molecule has 0 atom stereocenters. The summed E-state index contributed by atoms with van der Waals surface area (Å²) in [7, 11) is 0. The molecule has 0 N–H and O–H groups in total. The van der Waals surface area contributed by atoms with Gasteiger partial charge in [0.2, 0.25) is 0 Å². The normalized spacial score (nSPS) is 8.45. The van der Waals surface area contributed by atoms with Gasteiger partial charge in [-0.05, 0) is 6.92 Å². The standard InChI is InChI=1S/C9H9O.Re/c1-8(10)7-9-5-3-2-4-6-9;/h3-6H,7H2,1H3;/q-1;. The van der Waals surface area contributed by atoms with Crippen molar-refractivity contribution in [2.75, 3.05) is 0 Å². The van der Waals surface area contributed by atoms with Gasteiger partial charge < -0.3 is 0 Å². The van der Waals surface area contributed by atoms with Crippen molar-refractivity contribution in [3.8, 4) is 0 Å². The Hall–Kier alpha value is -0.448. The van der Waals surface area contributed by atoms with Crippen LogP contribution in [0.3, 0.4) is 0 Å². The summed E-state index contributed by atoms with van der Waals surface area (Å²) in [5, 5.41) is 0. The topological polar surface area (TPSA) is 17.1 Å². The Balaban J connectivity index is 0.000001000. The smallest absolute Gasteiger partial charge is 0.132 e. The maximum absolute atomic E-state index is 10.6. The first-order chi connectivity index (χ1) is 4.79. The Labute approximate surface area is 80.5 Å². The molecule has 0 saturated carbocycles. The molecule has 1 aromatic carbocycles. The number of Topliss-reactive ketones (excluding diaryl/α,β-unsaturated/α-hetero) is 1. The molecule has 0 bridgehead atoms. The second kappa shape index (κ2) is 5.24. The van der Waals surface area contributed by atoms with E-state index in [0.29, 0.717) is 6.42 Å². The molecule has 2 heteroatoms. The summed E-state index contributed by atoms with van der Waals surface area (Å²) in [4.78, 5) is 10.6. The molecule has 0 unspecified atom stereocenters. The fourth-order valence-corrected chi connectivity index (χ4v) is 0.827. The van der Waals surface area contributed by atoms with Crippen molar-refractivity contribution in [3.63, 3.8) is 0 Å². The fourth-order valence-electron chi connectivity index (χ4n) is 0.827. The van der Waals surface area contributed by atoms with Crippen LogP contribution in [0.2, 0.25) is 0 Å². The van der Waals surface area contributed by atoms with E-state index >= 15 is 0 Å². The van der Waals surface area contributed by atoms with E-state index in [1.807, 2.05) is 24.3 Å². The molecule has 0 aliphatic heterocycles. The molecular weight excluding hydrogens is 310 g/mol. The van der Waals surface area contributed by atoms with Gasteiger partial charge in [0.1, 0.15) is 5.78 Å². The SMILES string of the molecule is CC(=O)Cc1cc[c-]cc1.[Re]. The van der Waals surface area contributed by atoms with Gasteiger partial charge in [0.25, 0.3) is 0 Å². The minimum atomic E-state index is 0. The van der Waals surface area contributed by atoms with E-state index in [4.69, 9.17) is 0 Å². The summed E-state index contributed by atoms with van der Waals surface area (Å²) in [5.74, 6) is 0.200. The summed E-state index contributed by atoms with van der Waals surface area (Å²) in [5.41, 5.74) is 1.06. The zero-order valence-corrected chi connectivity index (χ0v) is 9.02. The van der Waals surface area contributed by atoms with Crippen molar-refractivity contribution in [2.45, 2.75) is 13.3 Å². The Morgan fingerprint density at radius 1 is 1.45 bits per heavy atom. The summed E-state index contributed by atoms with van der Waals surface area (Å²) in [6, 6.07) is 10.3. The summed E-state index contributed by atoms with van der Waals surface area (Å²) in [6.07, 6.45) is 0.536. The number of benzene rings is 1. The van der Waals surface area contributed by atoms with E-state index < -0.39 is 0 Å². The number of rotatable bonds is 2. The van der Waals surface area contributed by atoms with E-state index in [9.17, 15) is 4.79 Å². The van der Waals surface area contributed by atoms with Crippen molar-refractivity contribution in [3.05, 3.63) is 35.9 Å². The number of hydrogen-bond donors (Lipinski definition) is 0. The van der Waals surface area contributed by atoms with Crippen molar-refractivity contribution in [2.24, 2.45) is 0 Å². The molecule has 0 aromatic heterocycles. The minimum absolute atomic E-state index is 0. The molecule has 1 rings (SSSR count). The van der Waals surface area contributed by atoms with Gasteiger partial charge in [-0.3, -0.25) is 4.79 Å². The van der Waals surface area contributed by atoms with Crippen LogP contribution in [-0.2, 0) is 31.6 Å². The van der Waals surface area contributed by atoms with Crippen molar-refractivity contribution < 1.29 is 25.2 Å². The van der Waals surface area contributed by atoms with Crippen LogP contribution in [0.5, 0.6) is 0 Å². The zero-order valence-electron chi connectivity index (χ0n) is 6.30. The number of carbonyl (C=O) groups is 1. The van der Waals surface area contributed by atoms with E-state index in [1.54, 1.807) is 6.92 Å². The molecule has 0 fully saturated rings. The van der Waals surface area contributed by atoms with Gasteiger partial charge in [-0.15, -0.1) is 0 Å². The largest absolute Gasteiger partial charge is 0.300 e. The minimum Gasteiger partial charge on any atom is -0.300 e. The first kappa shape index (κ1) is 10.6. The first-order valence-electron chi connectivity index (χ1n) is 3.23. The van der Waals surface area contributed by atoms with Crippen molar-refractivity contribution >= 4 is 5.78 Å². The molecular formula is C9H9ORe-. The molecule has 0 amide bonds. The monoisotopic (exact) mass is 320 g/mol. The number of hydrogen-bond acceptors (Lipinski definition) is 1. The molecule has 0 spiro atoms. The zero-order chi connectivity index (χ0) is 7.40. The van der Waals surface area contributed by atoms with Gasteiger partial charge in [0.05, 0.1) is 0 Å². The maximum atomic E-state index is 10.6. The van der Waals surface area contributed by atoms with Gasteiger partial charge in [-0.25, -0.2) is 0 Å². The van der Waals surface area contributed by atoms with Crippen molar-refractivity contribution in [1.82, 2.24) is 0 Å². The second-order valence-corrected chi connectivity index (χ2v) is 2.29. The van der Waals surface area contributed by atoms with Gasteiger partial charge in [-0.1, -0.05) is 0 Å². The molecule has 0 saturated heterocycles. The van der Waals surface area contributed by atoms with Crippen LogP contribution in [0.15, 0.2) is 24.3 Å². The molecule has 0 heterocycles. The van der Waals surface area contributed by atoms with Crippen LogP contribution in [0, 0.1) is 6.07 Å². The van der Waals surface area contributed by atoms with Crippen LogP contribution in [0.4, 0.5) is 0 Å². The van der Waals surface area contributed by atoms with Crippen LogP contribution in [-0.4, -0.2) is 5.78 Å². The molecule has 0 aliphatic rings. The molecule has 0 aliphatic carbocycles. The van der Waals surface area contributed by atoms with Crippen LogP contribution in [0.1, 0.15) is 12.5 Å². The van der Waals surface area contributed by atoms with Crippen LogP contribution in [0.25, 0.3) is 0 Å². The second-order valence-electron chi connectivity index (χ2n) is 2.29. The first-order valence-corrected chi connectivity index (χ1v) is 3.23. The summed E-state index contributed by atoms with van der Waals surface area (Å²) >= 11 is 0. The molecule has 1 nitrogen and oxygen atoms in total. The van der Waals surface area contributed by atoms with Gasteiger partial charge in [0.15, 0.2) is 0 Å². The summed E-state index contributed by atoms with van der Waals surface area (Å²) < 4.78 is 0. The van der Waals surface area contributed by atoms with Gasteiger partial charge in [0, 0.05) is 26.8 Å². The van der Waals surface area contributed by atoms with Crippen LogP contribution >= 0.6 is 0 Å².